The molecule has 0 amide bonds. The Balaban J connectivity index is 0.00000192. The van der Waals surface area contributed by atoms with Crippen LogP contribution < -0.4 is 15.4 Å². The molecule has 1 aliphatic heterocycles. The minimum Gasteiger partial charge on any atom is -0.494 e. The Kier molecular flexibility index (Phi) is 7.09. The third-order valence-electron chi connectivity index (χ3n) is 4.82. The topological polar surface area (TPSA) is 42.5 Å². The second-order valence-electron chi connectivity index (χ2n) is 6.19. The molecule has 0 spiro atoms. The molecule has 0 bridgehead atoms. The number of morpholine rings is 1. The molecule has 130 valence electrons. The van der Waals surface area contributed by atoms with E-state index in [1.54, 1.807) is 12.1 Å². The summed E-state index contributed by atoms with van der Waals surface area (Å²) in [7, 11) is 1.48. The van der Waals surface area contributed by atoms with E-state index in [9.17, 15) is 4.39 Å². The molecule has 6 heteroatoms. The van der Waals surface area contributed by atoms with Crippen LogP contribution in [0, 0.1) is 11.7 Å². The van der Waals surface area contributed by atoms with Crippen molar-refractivity contribution in [3.8, 4) is 5.75 Å². The van der Waals surface area contributed by atoms with Crippen molar-refractivity contribution in [2.45, 2.75) is 37.9 Å². The summed E-state index contributed by atoms with van der Waals surface area (Å²) >= 11 is 0. The van der Waals surface area contributed by atoms with E-state index in [1.165, 1.54) is 26.4 Å². The molecule has 3 atom stereocenters. The SMILES string of the molecule is COc1ccc(CNC2CCCC2C2COCCN2)cc1F.Cl. The number of hydrogen-bond donors (Lipinski definition) is 2. The Hall–Kier alpha value is -0.880. The fraction of sp³-hybridized carbons (Fsp3) is 0.647. The molecular formula is C17H26ClFN2O2. The normalized spacial score (nSPS) is 27.5. The monoisotopic (exact) mass is 344 g/mol. The van der Waals surface area contributed by atoms with Gasteiger partial charge in [-0.15, -0.1) is 12.4 Å². The third-order valence-corrected chi connectivity index (χ3v) is 4.82. The Morgan fingerprint density at radius 2 is 2.26 bits per heavy atom. The maximum Gasteiger partial charge on any atom is 0.165 e. The predicted molar refractivity (Wildman–Crippen MR) is 90.8 cm³/mol. The van der Waals surface area contributed by atoms with E-state index in [0.717, 1.165) is 25.3 Å². The van der Waals surface area contributed by atoms with Gasteiger partial charge in [-0.1, -0.05) is 12.5 Å². The third kappa shape index (κ3) is 4.57. The second-order valence-corrected chi connectivity index (χ2v) is 6.19. The number of halogens is 2. The summed E-state index contributed by atoms with van der Waals surface area (Å²) in [5, 5.41) is 7.18. The Labute approximate surface area is 143 Å². The molecule has 1 aromatic carbocycles. The molecule has 1 saturated carbocycles. The van der Waals surface area contributed by atoms with Crippen molar-refractivity contribution in [2.75, 3.05) is 26.9 Å². The van der Waals surface area contributed by atoms with Gasteiger partial charge in [0.05, 0.1) is 20.3 Å². The van der Waals surface area contributed by atoms with Gasteiger partial charge in [0.15, 0.2) is 11.6 Å². The lowest BCUT2D eigenvalue weighted by atomic mass is 9.94. The first kappa shape index (κ1) is 18.5. The Morgan fingerprint density at radius 1 is 1.39 bits per heavy atom. The summed E-state index contributed by atoms with van der Waals surface area (Å²) in [5.74, 6) is 0.599. The number of nitrogens with one attached hydrogen (secondary N) is 2. The highest BCUT2D eigenvalue weighted by molar-refractivity contribution is 5.85. The van der Waals surface area contributed by atoms with Crippen LogP contribution in [0.5, 0.6) is 5.75 Å². The lowest BCUT2D eigenvalue weighted by Gasteiger charge is -2.33. The zero-order valence-electron chi connectivity index (χ0n) is 13.5. The van der Waals surface area contributed by atoms with E-state index < -0.39 is 0 Å². The smallest absolute Gasteiger partial charge is 0.165 e. The summed E-state index contributed by atoms with van der Waals surface area (Å²) < 4.78 is 24.3. The molecule has 1 saturated heterocycles. The van der Waals surface area contributed by atoms with Crippen molar-refractivity contribution >= 4 is 12.4 Å². The van der Waals surface area contributed by atoms with Gasteiger partial charge in [-0.3, -0.25) is 0 Å². The molecule has 23 heavy (non-hydrogen) atoms. The number of methoxy groups -OCH3 is 1. The number of benzene rings is 1. The van der Waals surface area contributed by atoms with Gasteiger partial charge < -0.3 is 20.1 Å². The fourth-order valence-electron chi connectivity index (χ4n) is 3.65. The molecule has 3 unspecified atom stereocenters. The van der Waals surface area contributed by atoms with Gasteiger partial charge in [0.25, 0.3) is 0 Å². The molecule has 0 aromatic heterocycles. The van der Waals surface area contributed by atoms with Crippen LogP contribution in [0.3, 0.4) is 0 Å². The van der Waals surface area contributed by atoms with Crippen molar-refractivity contribution in [1.82, 2.24) is 10.6 Å². The van der Waals surface area contributed by atoms with E-state index in [-0.39, 0.29) is 18.2 Å². The molecular weight excluding hydrogens is 319 g/mol. The predicted octanol–water partition coefficient (Wildman–Crippen LogP) is 2.50. The number of rotatable bonds is 5. The van der Waals surface area contributed by atoms with Crippen LogP contribution in [0.25, 0.3) is 0 Å². The number of hydrogen-bond acceptors (Lipinski definition) is 4. The van der Waals surface area contributed by atoms with Gasteiger partial charge in [-0.2, -0.15) is 0 Å². The van der Waals surface area contributed by atoms with Crippen LogP contribution in [0.15, 0.2) is 18.2 Å². The van der Waals surface area contributed by atoms with Gasteiger partial charge in [0.2, 0.25) is 0 Å². The zero-order chi connectivity index (χ0) is 15.4. The van der Waals surface area contributed by atoms with Crippen LogP contribution >= 0.6 is 12.4 Å². The van der Waals surface area contributed by atoms with Crippen molar-refractivity contribution in [1.29, 1.82) is 0 Å². The molecule has 2 aliphatic rings. The standard InChI is InChI=1S/C17H25FN2O2.ClH/c1-21-17-6-5-12(9-14(17)18)10-20-15-4-2-3-13(15)16-11-22-8-7-19-16;/h5-6,9,13,15-16,19-20H,2-4,7-8,10-11H2,1H3;1H. The maximum absolute atomic E-state index is 13.7. The van der Waals surface area contributed by atoms with Gasteiger partial charge >= 0.3 is 0 Å². The van der Waals surface area contributed by atoms with E-state index >= 15 is 0 Å². The van der Waals surface area contributed by atoms with Crippen LogP contribution in [0.1, 0.15) is 24.8 Å². The van der Waals surface area contributed by atoms with Gasteiger partial charge in [0.1, 0.15) is 0 Å². The quantitative estimate of drug-likeness (QED) is 0.861. The highest BCUT2D eigenvalue weighted by Crippen LogP contribution is 2.30. The summed E-state index contributed by atoms with van der Waals surface area (Å²) in [5.41, 5.74) is 0.955. The molecule has 1 aromatic rings. The zero-order valence-corrected chi connectivity index (χ0v) is 14.3. The minimum absolute atomic E-state index is 0. The summed E-state index contributed by atoms with van der Waals surface area (Å²) in [6.45, 7) is 3.25. The van der Waals surface area contributed by atoms with Crippen molar-refractivity contribution in [2.24, 2.45) is 5.92 Å². The lowest BCUT2D eigenvalue weighted by Crippen LogP contribution is -2.50. The Morgan fingerprint density at radius 3 is 2.96 bits per heavy atom. The molecule has 4 nitrogen and oxygen atoms in total. The minimum atomic E-state index is -0.299. The summed E-state index contributed by atoms with van der Waals surface area (Å²) in [6, 6.07) is 6.08. The van der Waals surface area contributed by atoms with Crippen molar-refractivity contribution in [3.05, 3.63) is 29.6 Å². The first-order valence-electron chi connectivity index (χ1n) is 8.15. The van der Waals surface area contributed by atoms with Crippen molar-refractivity contribution in [3.63, 3.8) is 0 Å². The molecule has 3 rings (SSSR count). The first-order chi connectivity index (χ1) is 10.8. The average molecular weight is 345 g/mol. The summed E-state index contributed by atoms with van der Waals surface area (Å²) in [4.78, 5) is 0. The number of ether oxygens (including phenoxy) is 2. The molecule has 1 heterocycles. The average Bonchev–Trinajstić information content (AvgIpc) is 3.02. The van der Waals surface area contributed by atoms with E-state index in [1.807, 2.05) is 6.07 Å². The molecule has 2 fully saturated rings. The van der Waals surface area contributed by atoms with Gasteiger partial charge in [-0.25, -0.2) is 4.39 Å². The highest BCUT2D eigenvalue weighted by Gasteiger charge is 2.34. The Bertz CT molecular complexity index is 497. The lowest BCUT2D eigenvalue weighted by molar-refractivity contribution is 0.0524. The van der Waals surface area contributed by atoms with Crippen LogP contribution in [-0.2, 0) is 11.3 Å². The van der Waals surface area contributed by atoms with E-state index in [4.69, 9.17) is 9.47 Å². The van der Waals surface area contributed by atoms with Crippen LogP contribution in [0.2, 0.25) is 0 Å². The van der Waals surface area contributed by atoms with Crippen LogP contribution in [0.4, 0.5) is 4.39 Å². The molecule has 2 N–H and O–H groups in total. The van der Waals surface area contributed by atoms with Crippen LogP contribution in [-0.4, -0.2) is 39.0 Å². The van der Waals surface area contributed by atoms with Gasteiger partial charge in [-0.05, 0) is 36.5 Å². The summed E-state index contributed by atoms with van der Waals surface area (Å²) in [6.07, 6.45) is 3.66. The largest absolute Gasteiger partial charge is 0.494 e. The van der Waals surface area contributed by atoms with E-state index in [0.29, 0.717) is 30.3 Å². The highest BCUT2D eigenvalue weighted by atomic mass is 35.5. The fourth-order valence-corrected chi connectivity index (χ4v) is 3.65. The first-order valence-corrected chi connectivity index (χ1v) is 8.15. The van der Waals surface area contributed by atoms with Gasteiger partial charge in [0, 0.05) is 25.2 Å². The second kappa shape index (κ2) is 8.83. The van der Waals surface area contributed by atoms with E-state index in [2.05, 4.69) is 10.6 Å². The maximum atomic E-state index is 13.7. The molecule has 0 radical (unpaired) electrons. The van der Waals surface area contributed by atoms with Crippen molar-refractivity contribution < 1.29 is 13.9 Å². The molecule has 1 aliphatic carbocycles.